The number of carbonyl (C=O) groups is 1. The van der Waals surface area contributed by atoms with Gasteiger partial charge in [0.2, 0.25) is 0 Å². The van der Waals surface area contributed by atoms with Crippen LogP contribution in [0.5, 0.6) is 0 Å². The van der Waals surface area contributed by atoms with E-state index in [1.54, 1.807) is 0 Å². The first-order valence-electron chi connectivity index (χ1n) is 4.67. The third-order valence-corrected chi connectivity index (χ3v) is 3.19. The molecule has 0 saturated carbocycles. The number of alkyl halides is 3. The van der Waals surface area contributed by atoms with Gasteiger partial charge in [-0.1, -0.05) is 15.9 Å². The summed E-state index contributed by atoms with van der Waals surface area (Å²) in [5.74, 6) is -1.18. The summed E-state index contributed by atoms with van der Waals surface area (Å²) in [4.78, 5) is 11.0. The van der Waals surface area contributed by atoms with Gasteiger partial charge in [0.15, 0.2) is 0 Å². The quantitative estimate of drug-likeness (QED) is 0.901. The minimum atomic E-state index is -4.48. The van der Waals surface area contributed by atoms with Gasteiger partial charge in [-0.3, -0.25) is 4.79 Å². The lowest BCUT2D eigenvalue weighted by molar-refractivity contribution is -0.143. The van der Waals surface area contributed by atoms with E-state index in [1.807, 2.05) is 0 Å². The molecule has 0 aliphatic rings. The number of aliphatic carboxylic acids is 1. The second kappa shape index (κ2) is 4.33. The second-order valence-electron chi connectivity index (χ2n) is 4.12. The van der Waals surface area contributed by atoms with Crippen molar-refractivity contribution in [1.82, 2.24) is 0 Å². The summed E-state index contributed by atoms with van der Waals surface area (Å²) in [5.41, 5.74) is -2.15. The third kappa shape index (κ3) is 2.80. The molecule has 0 spiro atoms. The molecule has 1 aromatic rings. The van der Waals surface area contributed by atoms with E-state index in [-0.39, 0.29) is 5.56 Å². The molecule has 1 N–H and O–H groups in total. The van der Waals surface area contributed by atoms with Crippen LogP contribution in [0, 0.1) is 0 Å². The van der Waals surface area contributed by atoms with Crippen LogP contribution in [0.1, 0.15) is 25.0 Å². The number of benzene rings is 1. The Labute approximate surface area is 105 Å². The minimum absolute atomic E-state index is 0.0971. The normalized spacial score (nSPS) is 12.6. The van der Waals surface area contributed by atoms with Crippen molar-refractivity contribution in [3.63, 3.8) is 0 Å². The Bertz CT molecular complexity index is 453. The molecule has 0 bridgehead atoms. The van der Waals surface area contributed by atoms with Crippen molar-refractivity contribution >= 4 is 21.9 Å². The van der Waals surface area contributed by atoms with Gasteiger partial charge in [-0.05, 0) is 37.6 Å². The van der Waals surface area contributed by atoms with Gasteiger partial charge in [0, 0.05) is 4.47 Å². The number of hydrogen-bond acceptors (Lipinski definition) is 1. The molecule has 1 aromatic carbocycles. The van der Waals surface area contributed by atoms with Crippen molar-refractivity contribution < 1.29 is 23.1 Å². The highest BCUT2D eigenvalue weighted by molar-refractivity contribution is 9.10. The summed E-state index contributed by atoms with van der Waals surface area (Å²) < 4.78 is 37.9. The molecule has 1 rings (SSSR count). The van der Waals surface area contributed by atoms with Gasteiger partial charge < -0.3 is 5.11 Å². The Morgan fingerprint density at radius 2 is 1.82 bits per heavy atom. The van der Waals surface area contributed by atoms with Crippen LogP contribution >= 0.6 is 15.9 Å². The molecule has 0 unspecified atom stereocenters. The van der Waals surface area contributed by atoms with E-state index in [0.29, 0.717) is 4.47 Å². The smallest absolute Gasteiger partial charge is 0.416 e. The van der Waals surface area contributed by atoms with Crippen molar-refractivity contribution in [3.8, 4) is 0 Å². The van der Waals surface area contributed by atoms with Crippen LogP contribution in [-0.2, 0) is 16.4 Å². The van der Waals surface area contributed by atoms with Gasteiger partial charge in [-0.15, -0.1) is 0 Å². The minimum Gasteiger partial charge on any atom is -0.481 e. The zero-order chi connectivity index (χ0) is 13.4. The van der Waals surface area contributed by atoms with E-state index in [1.165, 1.54) is 19.9 Å². The Kier molecular flexibility index (Phi) is 3.57. The number of hydrogen-bond donors (Lipinski definition) is 1. The molecule has 0 fully saturated rings. The molecule has 0 saturated heterocycles. The molecule has 0 heterocycles. The Morgan fingerprint density at radius 1 is 1.29 bits per heavy atom. The Balaban J connectivity index is 3.39. The maximum Gasteiger partial charge on any atom is 0.416 e. The zero-order valence-electron chi connectivity index (χ0n) is 9.10. The fourth-order valence-corrected chi connectivity index (χ4v) is 2.04. The highest BCUT2D eigenvalue weighted by Crippen LogP contribution is 2.36. The molecule has 0 aliphatic carbocycles. The maximum atomic E-state index is 12.5. The fourth-order valence-electron chi connectivity index (χ4n) is 1.30. The van der Waals surface area contributed by atoms with E-state index < -0.39 is 23.1 Å². The van der Waals surface area contributed by atoms with Crippen LogP contribution in [0.4, 0.5) is 13.2 Å². The molecule has 0 atom stereocenters. The van der Waals surface area contributed by atoms with Gasteiger partial charge in [0.1, 0.15) is 0 Å². The molecular formula is C11H10BrF3O2. The lowest BCUT2D eigenvalue weighted by atomic mass is 9.84. The van der Waals surface area contributed by atoms with Gasteiger partial charge in [-0.2, -0.15) is 13.2 Å². The van der Waals surface area contributed by atoms with Crippen molar-refractivity contribution in [2.24, 2.45) is 0 Å². The molecule has 0 radical (unpaired) electrons. The third-order valence-electron chi connectivity index (χ3n) is 2.50. The van der Waals surface area contributed by atoms with Crippen LogP contribution in [0.25, 0.3) is 0 Å². The standard InChI is InChI=1S/C11H10BrF3O2/c1-10(2,9(16)17)7-5-6(11(13,14)15)3-4-8(7)12/h3-5H,1-2H3,(H,16,17). The molecule has 0 amide bonds. The highest BCUT2D eigenvalue weighted by atomic mass is 79.9. The second-order valence-corrected chi connectivity index (χ2v) is 4.98. The van der Waals surface area contributed by atoms with E-state index in [4.69, 9.17) is 5.11 Å². The predicted molar refractivity (Wildman–Crippen MR) is 59.8 cm³/mol. The molecule has 17 heavy (non-hydrogen) atoms. The number of halogens is 4. The molecular weight excluding hydrogens is 301 g/mol. The van der Waals surface area contributed by atoms with Crippen LogP contribution in [0.2, 0.25) is 0 Å². The lowest BCUT2D eigenvalue weighted by Crippen LogP contribution is -2.29. The molecule has 0 aliphatic heterocycles. The van der Waals surface area contributed by atoms with Crippen molar-refractivity contribution in [2.75, 3.05) is 0 Å². The summed E-state index contributed by atoms with van der Waals surface area (Å²) in [6, 6.07) is 2.98. The Hall–Kier alpha value is -1.04. The average Bonchev–Trinajstić information content (AvgIpc) is 2.15. The van der Waals surface area contributed by atoms with Gasteiger partial charge >= 0.3 is 12.1 Å². The summed E-state index contributed by atoms with van der Waals surface area (Å²) in [7, 11) is 0. The van der Waals surface area contributed by atoms with Crippen molar-refractivity contribution in [3.05, 3.63) is 33.8 Å². The van der Waals surface area contributed by atoms with E-state index in [9.17, 15) is 18.0 Å². The topological polar surface area (TPSA) is 37.3 Å². The van der Waals surface area contributed by atoms with Crippen LogP contribution in [-0.4, -0.2) is 11.1 Å². The Morgan fingerprint density at radius 3 is 2.24 bits per heavy atom. The van der Waals surface area contributed by atoms with Crippen molar-refractivity contribution in [1.29, 1.82) is 0 Å². The summed E-state index contributed by atoms with van der Waals surface area (Å²) in [6.45, 7) is 2.71. The molecule has 6 heteroatoms. The SMILES string of the molecule is CC(C)(C(=O)O)c1cc(C(F)(F)F)ccc1Br. The summed E-state index contributed by atoms with van der Waals surface area (Å²) >= 11 is 3.07. The molecule has 94 valence electrons. The van der Waals surface area contributed by atoms with Crippen molar-refractivity contribution in [2.45, 2.75) is 25.4 Å². The van der Waals surface area contributed by atoms with E-state index in [2.05, 4.69) is 15.9 Å². The first kappa shape index (κ1) is 14.0. The summed E-state index contributed by atoms with van der Waals surface area (Å²) in [6.07, 6.45) is -4.48. The predicted octanol–water partition coefficient (Wildman–Crippen LogP) is 3.83. The zero-order valence-corrected chi connectivity index (χ0v) is 10.7. The van der Waals surface area contributed by atoms with Gasteiger partial charge in [-0.25, -0.2) is 0 Å². The van der Waals surface area contributed by atoms with Gasteiger partial charge in [0.25, 0.3) is 0 Å². The van der Waals surface area contributed by atoms with E-state index in [0.717, 1.165) is 12.1 Å². The largest absolute Gasteiger partial charge is 0.481 e. The highest BCUT2D eigenvalue weighted by Gasteiger charge is 2.36. The molecule has 2 nitrogen and oxygen atoms in total. The average molecular weight is 311 g/mol. The first-order valence-corrected chi connectivity index (χ1v) is 5.46. The van der Waals surface area contributed by atoms with Gasteiger partial charge in [0.05, 0.1) is 11.0 Å². The van der Waals surface area contributed by atoms with Crippen LogP contribution in [0.15, 0.2) is 22.7 Å². The number of rotatable bonds is 2. The first-order chi connectivity index (χ1) is 7.56. The van der Waals surface area contributed by atoms with Crippen LogP contribution < -0.4 is 0 Å². The van der Waals surface area contributed by atoms with E-state index >= 15 is 0 Å². The summed E-state index contributed by atoms with van der Waals surface area (Å²) in [5, 5.41) is 9.01. The lowest BCUT2D eigenvalue weighted by Gasteiger charge is -2.22. The molecule has 0 aromatic heterocycles. The number of carboxylic acid groups (broad SMARTS) is 1. The maximum absolute atomic E-state index is 12.5. The monoisotopic (exact) mass is 310 g/mol. The van der Waals surface area contributed by atoms with Crippen LogP contribution in [0.3, 0.4) is 0 Å². The number of carboxylic acids is 1. The fraction of sp³-hybridized carbons (Fsp3) is 0.364.